The fraction of sp³-hybridized carbons (Fsp3) is 0.231. The van der Waals surface area contributed by atoms with Gasteiger partial charge in [-0.3, -0.25) is 5.41 Å². The van der Waals surface area contributed by atoms with Crippen LogP contribution in [0.25, 0.3) is 6.08 Å². The summed E-state index contributed by atoms with van der Waals surface area (Å²) in [7, 11) is 0. The number of benzene rings is 5. The minimum Gasteiger partial charge on any atom is -0.459 e. The summed E-state index contributed by atoms with van der Waals surface area (Å²) >= 11 is 0. The SMILES string of the molecule is Cc1cc(/C=C/CC=O)ccc1C/C(C(=N)O[C@@H]1O[C@H](COC(=O)c2ccccc2)[C@@H](OC(=O)c2ccccc2)[C@H](OC(=O)c2ccccc2)[C@H]1OC(=O)c1ccccc1)=C(/N)C(C)C. The Morgan fingerprint density at radius 2 is 1.14 bits per heavy atom. The summed E-state index contributed by atoms with van der Waals surface area (Å²) in [5.41, 5.74) is 10.5. The minimum atomic E-state index is -1.75. The highest BCUT2D eigenvalue weighted by molar-refractivity contribution is 5.93. The van der Waals surface area contributed by atoms with Gasteiger partial charge in [0.2, 0.25) is 18.3 Å². The summed E-state index contributed by atoms with van der Waals surface area (Å²) in [5.74, 6) is -4.06. The van der Waals surface area contributed by atoms with Crippen LogP contribution in [-0.4, -0.2) is 73.4 Å². The number of rotatable bonds is 17. The summed E-state index contributed by atoms with van der Waals surface area (Å²) in [6.07, 6.45) is -3.38. The van der Waals surface area contributed by atoms with Crippen LogP contribution >= 0.6 is 0 Å². The van der Waals surface area contributed by atoms with Crippen LogP contribution in [0.2, 0.25) is 0 Å². The van der Waals surface area contributed by atoms with E-state index in [9.17, 15) is 29.4 Å². The molecule has 5 aromatic carbocycles. The summed E-state index contributed by atoms with van der Waals surface area (Å²) in [4.78, 5) is 66.2. The third-order valence-corrected chi connectivity index (χ3v) is 10.5. The number of allylic oxidation sites excluding steroid dienone is 2. The molecule has 65 heavy (non-hydrogen) atoms. The second kappa shape index (κ2) is 22.6. The van der Waals surface area contributed by atoms with Gasteiger partial charge in [-0.15, -0.1) is 0 Å². The Kier molecular flexibility index (Phi) is 16.3. The van der Waals surface area contributed by atoms with Gasteiger partial charge in [0.1, 0.15) is 19.0 Å². The molecule has 1 aliphatic rings. The Morgan fingerprint density at radius 1 is 0.662 bits per heavy atom. The van der Waals surface area contributed by atoms with Gasteiger partial charge in [0.05, 0.1) is 22.3 Å². The van der Waals surface area contributed by atoms with Crippen LogP contribution in [0.15, 0.2) is 157 Å². The van der Waals surface area contributed by atoms with Crippen LogP contribution in [0.3, 0.4) is 0 Å². The van der Waals surface area contributed by atoms with Crippen molar-refractivity contribution < 1.29 is 52.4 Å². The average molecular weight is 879 g/mol. The molecule has 13 heteroatoms. The molecule has 13 nitrogen and oxygen atoms in total. The topological polar surface area (TPSA) is 191 Å². The Hall–Kier alpha value is -7.64. The lowest BCUT2D eigenvalue weighted by molar-refractivity contribution is -0.279. The van der Waals surface area contributed by atoms with Crippen LogP contribution in [0.4, 0.5) is 0 Å². The molecule has 0 aromatic heterocycles. The number of nitrogens with two attached hydrogens (primary N) is 1. The second-order valence-corrected chi connectivity index (χ2v) is 15.4. The zero-order valence-corrected chi connectivity index (χ0v) is 36.2. The number of nitrogens with one attached hydrogen (secondary N) is 1. The van der Waals surface area contributed by atoms with Gasteiger partial charge < -0.3 is 38.9 Å². The fourth-order valence-electron chi connectivity index (χ4n) is 6.94. The van der Waals surface area contributed by atoms with E-state index >= 15 is 0 Å². The first-order chi connectivity index (χ1) is 31.4. The molecule has 0 spiro atoms. The maximum atomic E-state index is 14.1. The van der Waals surface area contributed by atoms with E-state index < -0.39 is 67.1 Å². The summed E-state index contributed by atoms with van der Waals surface area (Å²) < 4.78 is 37.1. The van der Waals surface area contributed by atoms with E-state index in [1.54, 1.807) is 91.0 Å². The van der Waals surface area contributed by atoms with E-state index in [-0.39, 0.29) is 46.6 Å². The number of aryl methyl sites for hydroxylation is 1. The van der Waals surface area contributed by atoms with E-state index in [4.69, 9.17) is 34.2 Å². The van der Waals surface area contributed by atoms with Crippen molar-refractivity contribution in [2.45, 2.75) is 64.3 Å². The maximum Gasteiger partial charge on any atom is 0.338 e. The van der Waals surface area contributed by atoms with Crippen molar-refractivity contribution in [1.29, 1.82) is 5.41 Å². The number of hydrogen-bond acceptors (Lipinski definition) is 13. The van der Waals surface area contributed by atoms with E-state index in [1.807, 2.05) is 45.0 Å². The fourth-order valence-corrected chi connectivity index (χ4v) is 6.94. The Labute approximate surface area is 377 Å². The molecule has 1 heterocycles. The maximum absolute atomic E-state index is 14.1. The Morgan fingerprint density at radius 3 is 1.62 bits per heavy atom. The molecule has 0 saturated carbocycles. The zero-order chi connectivity index (χ0) is 46.3. The van der Waals surface area contributed by atoms with Gasteiger partial charge in [0, 0.05) is 24.1 Å². The van der Waals surface area contributed by atoms with Gasteiger partial charge >= 0.3 is 23.9 Å². The van der Waals surface area contributed by atoms with Crippen LogP contribution < -0.4 is 5.73 Å². The predicted octanol–water partition coefficient (Wildman–Crippen LogP) is 8.26. The van der Waals surface area contributed by atoms with Crippen LogP contribution in [0.1, 0.15) is 78.4 Å². The van der Waals surface area contributed by atoms with E-state index in [1.165, 1.54) is 36.4 Å². The molecule has 1 saturated heterocycles. The highest BCUT2D eigenvalue weighted by Gasteiger charge is 2.54. The van der Waals surface area contributed by atoms with Crippen molar-refractivity contribution in [2.24, 2.45) is 11.7 Å². The van der Waals surface area contributed by atoms with Gasteiger partial charge in [-0.2, -0.15) is 0 Å². The number of ether oxygens (including phenoxy) is 6. The molecule has 0 aliphatic carbocycles. The zero-order valence-electron chi connectivity index (χ0n) is 36.2. The molecule has 6 rings (SSSR count). The van der Waals surface area contributed by atoms with Gasteiger partial charge in [-0.05, 0) is 78.1 Å². The van der Waals surface area contributed by atoms with Gasteiger partial charge in [0.25, 0.3) is 0 Å². The van der Waals surface area contributed by atoms with Crippen LogP contribution in [-0.2, 0) is 39.6 Å². The molecule has 3 N–H and O–H groups in total. The Balaban J connectivity index is 1.44. The number of esters is 4. The minimum absolute atomic E-state index is 0.119. The molecule has 1 fully saturated rings. The summed E-state index contributed by atoms with van der Waals surface area (Å²) in [6.45, 7) is 5.06. The summed E-state index contributed by atoms with van der Waals surface area (Å²) in [6, 6.07) is 37.9. The highest BCUT2D eigenvalue weighted by atomic mass is 16.7. The standard InChI is InChI=1S/C52H50N2O11/c1-33(2)43(53)41(31-40-28-27-35(30-34(40)3)18-16-17-29-55)47(54)65-52-46(64-51(59)39-25-14-7-15-26-39)45(63-50(58)38-23-12-6-13-24-38)44(62-49(57)37-21-10-5-11-22-37)42(61-52)32-60-48(56)36-19-8-4-9-20-36/h4-16,18-30,33,42,44-46,52,54H,17,31-32,53H2,1-3H3/b18-16+,43-41-,54-47?/t42-,44-,45+,46-,52+/m1/s1. The molecule has 5 atom stereocenters. The van der Waals surface area contributed by atoms with Crippen molar-refractivity contribution >= 4 is 42.1 Å². The largest absolute Gasteiger partial charge is 0.459 e. The Bertz CT molecular complexity index is 2510. The molecule has 0 bridgehead atoms. The van der Waals surface area contributed by atoms with Gasteiger partial charge in [0.15, 0.2) is 12.2 Å². The van der Waals surface area contributed by atoms with Crippen molar-refractivity contribution in [3.05, 3.63) is 196 Å². The molecular formula is C52H50N2O11. The van der Waals surface area contributed by atoms with Crippen molar-refractivity contribution in [3.8, 4) is 0 Å². The molecule has 1 aliphatic heterocycles. The first-order valence-electron chi connectivity index (χ1n) is 21.0. The quantitative estimate of drug-likeness (QED) is 0.0299. The van der Waals surface area contributed by atoms with Crippen LogP contribution in [0.5, 0.6) is 0 Å². The second-order valence-electron chi connectivity index (χ2n) is 15.4. The normalized spacial score (nSPS) is 18.5. The highest BCUT2D eigenvalue weighted by Crippen LogP contribution is 2.33. The lowest BCUT2D eigenvalue weighted by atomic mass is 9.94. The van der Waals surface area contributed by atoms with Crippen molar-refractivity contribution in [2.75, 3.05) is 6.61 Å². The number of carbonyl (C=O) groups excluding carboxylic acids is 5. The van der Waals surface area contributed by atoms with Gasteiger partial charge in [-0.25, -0.2) is 19.2 Å². The monoisotopic (exact) mass is 878 g/mol. The van der Waals surface area contributed by atoms with Gasteiger partial charge in [-0.1, -0.05) is 117 Å². The lowest BCUT2D eigenvalue weighted by Gasteiger charge is -2.44. The van der Waals surface area contributed by atoms with Crippen LogP contribution in [0, 0.1) is 18.3 Å². The van der Waals surface area contributed by atoms with Crippen molar-refractivity contribution in [3.63, 3.8) is 0 Å². The molecule has 0 unspecified atom stereocenters. The number of aldehydes is 1. The predicted molar refractivity (Wildman–Crippen MR) is 242 cm³/mol. The number of carbonyl (C=O) groups is 5. The first kappa shape index (κ1) is 46.9. The molecule has 0 amide bonds. The van der Waals surface area contributed by atoms with E-state index in [0.29, 0.717) is 5.70 Å². The first-order valence-corrected chi connectivity index (χ1v) is 21.0. The molecular weight excluding hydrogens is 829 g/mol. The average Bonchev–Trinajstić information content (AvgIpc) is 3.33. The third-order valence-electron chi connectivity index (χ3n) is 10.5. The van der Waals surface area contributed by atoms with E-state index in [2.05, 4.69) is 0 Å². The summed E-state index contributed by atoms with van der Waals surface area (Å²) in [5, 5.41) is 9.48. The van der Waals surface area contributed by atoms with E-state index in [0.717, 1.165) is 23.0 Å². The lowest BCUT2D eigenvalue weighted by Crippen LogP contribution is -2.63. The molecule has 334 valence electrons. The smallest absolute Gasteiger partial charge is 0.338 e. The number of hydrogen-bond donors (Lipinski definition) is 2. The van der Waals surface area contributed by atoms with Crippen molar-refractivity contribution in [1.82, 2.24) is 0 Å². The molecule has 0 radical (unpaired) electrons. The third kappa shape index (κ3) is 12.5. The molecule has 5 aromatic rings.